The summed E-state index contributed by atoms with van der Waals surface area (Å²) in [4.78, 5) is 6.90. The Labute approximate surface area is 165 Å². The van der Waals surface area contributed by atoms with Crippen LogP contribution >= 0.6 is 11.6 Å². The van der Waals surface area contributed by atoms with Crippen LogP contribution in [0.3, 0.4) is 0 Å². The van der Waals surface area contributed by atoms with Gasteiger partial charge in [0, 0.05) is 35.6 Å². The molecule has 2 aromatic carbocycles. The van der Waals surface area contributed by atoms with Gasteiger partial charge >= 0.3 is 0 Å². The van der Waals surface area contributed by atoms with Crippen LogP contribution in [0.2, 0.25) is 5.02 Å². The Morgan fingerprint density at radius 1 is 1.33 bits per heavy atom. The third kappa shape index (κ3) is 3.81. The summed E-state index contributed by atoms with van der Waals surface area (Å²) in [5, 5.41) is 0.0662. The van der Waals surface area contributed by atoms with E-state index in [4.69, 9.17) is 16.3 Å². The van der Waals surface area contributed by atoms with Crippen molar-refractivity contribution in [2.45, 2.75) is 45.6 Å². The molecule has 0 saturated carbocycles. The first-order valence-corrected chi connectivity index (χ1v) is 9.63. The minimum absolute atomic E-state index is 0.0662. The van der Waals surface area contributed by atoms with Crippen molar-refractivity contribution in [3.05, 3.63) is 52.3 Å². The maximum atomic E-state index is 13.3. The van der Waals surface area contributed by atoms with Crippen molar-refractivity contribution in [1.82, 2.24) is 0 Å². The normalized spacial score (nSPS) is 18.6. The molecule has 0 aliphatic carbocycles. The highest BCUT2D eigenvalue weighted by atomic mass is 35.5. The maximum Gasteiger partial charge on any atom is 0.141 e. The van der Waals surface area contributed by atoms with Gasteiger partial charge in [-0.15, -0.1) is 0 Å². The lowest BCUT2D eigenvalue weighted by atomic mass is 9.79. The molecule has 1 aliphatic rings. The van der Waals surface area contributed by atoms with Crippen molar-refractivity contribution in [1.29, 1.82) is 0 Å². The molecule has 0 bridgehead atoms. The Morgan fingerprint density at radius 2 is 2.07 bits per heavy atom. The number of methoxy groups -OCH3 is 1. The number of nitrogens with zero attached hydrogens (tertiary/aromatic N) is 2. The largest absolute Gasteiger partial charge is 0.496 e. The van der Waals surface area contributed by atoms with Gasteiger partial charge in [0.1, 0.15) is 11.6 Å². The summed E-state index contributed by atoms with van der Waals surface area (Å²) in [5.41, 5.74) is 4.13. The molecule has 3 rings (SSSR count). The van der Waals surface area contributed by atoms with Crippen LogP contribution in [-0.4, -0.2) is 25.4 Å². The number of fused-ring (bicyclic) bond motifs is 1. The smallest absolute Gasteiger partial charge is 0.141 e. The quantitative estimate of drug-likeness (QED) is 0.570. The molecule has 144 valence electrons. The van der Waals surface area contributed by atoms with Gasteiger partial charge in [0.05, 0.1) is 17.8 Å². The van der Waals surface area contributed by atoms with Crippen molar-refractivity contribution in [3.8, 4) is 5.75 Å². The van der Waals surface area contributed by atoms with Gasteiger partial charge in [-0.3, -0.25) is 4.99 Å². The zero-order valence-electron chi connectivity index (χ0n) is 16.5. The van der Waals surface area contributed by atoms with E-state index in [1.165, 1.54) is 23.4 Å². The first-order valence-electron chi connectivity index (χ1n) is 9.25. The van der Waals surface area contributed by atoms with Crippen LogP contribution in [0.25, 0.3) is 0 Å². The molecular weight excluding hydrogens is 363 g/mol. The molecule has 1 atom stereocenters. The van der Waals surface area contributed by atoms with Crippen LogP contribution in [0.5, 0.6) is 5.75 Å². The van der Waals surface area contributed by atoms with Crippen molar-refractivity contribution < 1.29 is 9.13 Å². The van der Waals surface area contributed by atoms with Crippen LogP contribution in [0, 0.1) is 5.82 Å². The summed E-state index contributed by atoms with van der Waals surface area (Å²) in [5.74, 6) is 0.767. The van der Waals surface area contributed by atoms with Gasteiger partial charge in [0.25, 0.3) is 0 Å². The molecule has 0 aromatic heterocycles. The SMILES string of the molecule is CCN1c2cc(OC)c(C=Nc3ccc(F)c(Cl)c3)cc2C(C)CC1(C)C. The minimum Gasteiger partial charge on any atom is -0.496 e. The lowest BCUT2D eigenvalue weighted by Gasteiger charge is -2.47. The fourth-order valence-corrected chi connectivity index (χ4v) is 4.29. The number of hydrogen-bond donors (Lipinski definition) is 0. The summed E-state index contributed by atoms with van der Waals surface area (Å²) in [6.45, 7) is 9.96. The van der Waals surface area contributed by atoms with Crippen molar-refractivity contribution >= 4 is 29.2 Å². The molecule has 0 fully saturated rings. The van der Waals surface area contributed by atoms with Gasteiger partial charge in [-0.1, -0.05) is 18.5 Å². The Balaban J connectivity index is 2.04. The second-order valence-electron chi connectivity index (χ2n) is 7.67. The average Bonchev–Trinajstić information content (AvgIpc) is 2.61. The Kier molecular flexibility index (Phi) is 5.48. The molecule has 1 heterocycles. The number of ether oxygens (including phenoxy) is 1. The van der Waals surface area contributed by atoms with Gasteiger partial charge in [0.2, 0.25) is 0 Å². The Morgan fingerprint density at radius 3 is 2.70 bits per heavy atom. The summed E-state index contributed by atoms with van der Waals surface area (Å²) in [6, 6.07) is 8.71. The summed E-state index contributed by atoms with van der Waals surface area (Å²) >= 11 is 5.85. The molecule has 1 aliphatic heterocycles. The number of rotatable bonds is 4. The van der Waals surface area contributed by atoms with E-state index in [-0.39, 0.29) is 10.6 Å². The van der Waals surface area contributed by atoms with Crippen molar-refractivity contribution in [3.63, 3.8) is 0 Å². The molecule has 27 heavy (non-hydrogen) atoms. The van der Waals surface area contributed by atoms with Gasteiger partial charge in [0.15, 0.2) is 0 Å². The summed E-state index contributed by atoms with van der Waals surface area (Å²) in [6.07, 6.45) is 2.84. The number of benzene rings is 2. The third-order valence-electron chi connectivity index (χ3n) is 5.31. The molecule has 0 radical (unpaired) electrons. The molecule has 0 spiro atoms. The van der Waals surface area contributed by atoms with Crippen LogP contribution in [-0.2, 0) is 0 Å². The number of halogens is 2. The summed E-state index contributed by atoms with van der Waals surface area (Å²) in [7, 11) is 1.67. The van der Waals surface area contributed by atoms with Gasteiger partial charge in [-0.25, -0.2) is 4.39 Å². The van der Waals surface area contributed by atoms with E-state index in [1.807, 2.05) is 0 Å². The van der Waals surface area contributed by atoms with E-state index in [0.29, 0.717) is 11.6 Å². The van der Waals surface area contributed by atoms with E-state index in [1.54, 1.807) is 19.4 Å². The highest BCUT2D eigenvalue weighted by Crippen LogP contribution is 2.45. The topological polar surface area (TPSA) is 24.8 Å². The highest BCUT2D eigenvalue weighted by Gasteiger charge is 2.36. The first kappa shape index (κ1) is 19.7. The van der Waals surface area contributed by atoms with Gasteiger partial charge in [-0.05, 0) is 62.9 Å². The predicted molar refractivity (Wildman–Crippen MR) is 112 cm³/mol. The van der Waals surface area contributed by atoms with E-state index < -0.39 is 5.82 Å². The minimum atomic E-state index is -0.446. The van der Waals surface area contributed by atoms with Crippen LogP contribution < -0.4 is 9.64 Å². The molecule has 1 unspecified atom stereocenters. The van der Waals surface area contributed by atoms with E-state index in [2.05, 4.69) is 49.7 Å². The molecule has 2 aromatic rings. The molecule has 0 amide bonds. The standard InChI is InChI=1S/C22H26ClFN2O/c1-6-26-20-11-21(27-5)15(9-17(20)14(2)12-22(26,3)4)13-25-16-7-8-19(24)18(23)10-16/h7-11,13-14H,6,12H2,1-5H3. The molecular formula is C22H26ClFN2O. The lowest BCUT2D eigenvalue weighted by molar-refractivity contribution is 0.377. The van der Waals surface area contributed by atoms with Crippen LogP contribution in [0.1, 0.15) is 51.2 Å². The second-order valence-corrected chi connectivity index (χ2v) is 8.08. The summed E-state index contributed by atoms with van der Waals surface area (Å²) < 4.78 is 19.0. The average molecular weight is 389 g/mol. The fourth-order valence-electron chi connectivity index (χ4n) is 4.11. The predicted octanol–water partition coefficient (Wildman–Crippen LogP) is 6.35. The van der Waals surface area contributed by atoms with Crippen molar-refractivity contribution in [2.75, 3.05) is 18.6 Å². The third-order valence-corrected chi connectivity index (χ3v) is 5.60. The zero-order valence-corrected chi connectivity index (χ0v) is 17.3. The zero-order chi connectivity index (χ0) is 19.8. The van der Waals surface area contributed by atoms with Gasteiger partial charge in [-0.2, -0.15) is 0 Å². The first-order chi connectivity index (χ1) is 12.8. The second kappa shape index (κ2) is 7.51. The molecule has 3 nitrogen and oxygen atoms in total. The van der Waals surface area contributed by atoms with Crippen LogP contribution in [0.4, 0.5) is 15.8 Å². The Hall–Kier alpha value is -2.07. The van der Waals surface area contributed by atoms with E-state index in [9.17, 15) is 4.39 Å². The van der Waals surface area contributed by atoms with Crippen LogP contribution in [0.15, 0.2) is 35.3 Å². The molecule has 5 heteroatoms. The lowest BCUT2D eigenvalue weighted by Crippen LogP contribution is -2.48. The highest BCUT2D eigenvalue weighted by molar-refractivity contribution is 6.31. The van der Waals surface area contributed by atoms with Crippen molar-refractivity contribution in [2.24, 2.45) is 4.99 Å². The van der Waals surface area contributed by atoms with Gasteiger partial charge < -0.3 is 9.64 Å². The number of aliphatic imine (C=N–C) groups is 1. The van der Waals surface area contributed by atoms with E-state index in [0.717, 1.165) is 24.3 Å². The fraction of sp³-hybridized carbons (Fsp3) is 0.409. The molecule has 0 saturated heterocycles. The molecule has 0 N–H and O–H groups in total. The van der Waals surface area contributed by atoms with E-state index >= 15 is 0 Å². The number of anilines is 1. The number of hydrogen-bond acceptors (Lipinski definition) is 3. The Bertz CT molecular complexity index is 879. The monoisotopic (exact) mass is 388 g/mol. The maximum absolute atomic E-state index is 13.3.